The highest BCUT2D eigenvalue weighted by atomic mass is 79.9. The van der Waals surface area contributed by atoms with Crippen LogP contribution in [0.25, 0.3) is 0 Å². The maximum absolute atomic E-state index is 5.92. The SMILES string of the molecule is CCn1ccnc1COc1c(C)cc(Br)cc1CN. The Bertz CT molecular complexity index is 566. The monoisotopic (exact) mass is 323 g/mol. The fourth-order valence-electron chi connectivity index (χ4n) is 2.06. The van der Waals surface area contributed by atoms with Crippen LogP contribution in [0.1, 0.15) is 23.9 Å². The molecule has 19 heavy (non-hydrogen) atoms. The predicted octanol–water partition coefficient (Wildman–Crippen LogP) is 3.01. The van der Waals surface area contributed by atoms with Gasteiger partial charge in [0.15, 0.2) is 0 Å². The maximum atomic E-state index is 5.92. The van der Waals surface area contributed by atoms with E-state index in [1.807, 2.05) is 25.3 Å². The van der Waals surface area contributed by atoms with Gasteiger partial charge in [-0.1, -0.05) is 15.9 Å². The molecule has 4 nitrogen and oxygen atoms in total. The lowest BCUT2D eigenvalue weighted by molar-refractivity contribution is 0.285. The molecule has 2 N–H and O–H groups in total. The Morgan fingerprint density at radius 3 is 2.89 bits per heavy atom. The Morgan fingerprint density at radius 2 is 2.21 bits per heavy atom. The number of aromatic nitrogens is 2. The van der Waals surface area contributed by atoms with Crippen molar-refractivity contribution in [2.75, 3.05) is 0 Å². The Labute approximate surface area is 121 Å². The normalized spacial score (nSPS) is 10.7. The van der Waals surface area contributed by atoms with Gasteiger partial charge < -0.3 is 15.0 Å². The largest absolute Gasteiger partial charge is 0.485 e. The number of benzene rings is 1. The molecule has 0 saturated heterocycles. The van der Waals surface area contributed by atoms with Crippen LogP contribution in [0.4, 0.5) is 0 Å². The van der Waals surface area contributed by atoms with Gasteiger partial charge in [-0.15, -0.1) is 0 Å². The molecule has 0 spiro atoms. The lowest BCUT2D eigenvalue weighted by atomic mass is 10.1. The average Bonchev–Trinajstić information content (AvgIpc) is 2.84. The zero-order valence-electron chi connectivity index (χ0n) is 11.2. The molecular weight excluding hydrogens is 306 g/mol. The van der Waals surface area contributed by atoms with Gasteiger partial charge in [0, 0.05) is 35.5 Å². The molecule has 0 amide bonds. The lowest BCUT2D eigenvalue weighted by Crippen LogP contribution is -2.08. The number of rotatable bonds is 5. The van der Waals surface area contributed by atoms with Gasteiger partial charge in [-0.3, -0.25) is 0 Å². The van der Waals surface area contributed by atoms with Crippen LogP contribution in [-0.2, 0) is 19.7 Å². The second-order valence-electron chi connectivity index (χ2n) is 4.33. The van der Waals surface area contributed by atoms with Gasteiger partial charge >= 0.3 is 0 Å². The topological polar surface area (TPSA) is 53.1 Å². The van der Waals surface area contributed by atoms with Gasteiger partial charge in [-0.05, 0) is 31.5 Å². The van der Waals surface area contributed by atoms with Crippen molar-refractivity contribution in [3.63, 3.8) is 0 Å². The molecule has 102 valence electrons. The minimum atomic E-state index is 0.455. The second kappa shape index (κ2) is 6.21. The van der Waals surface area contributed by atoms with Crippen LogP contribution < -0.4 is 10.5 Å². The molecule has 0 unspecified atom stereocenters. The van der Waals surface area contributed by atoms with Crippen LogP contribution in [0.2, 0.25) is 0 Å². The first kappa shape index (κ1) is 14.1. The zero-order valence-corrected chi connectivity index (χ0v) is 12.8. The molecule has 1 aromatic heterocycles. The van der Waals surface area contributed by atoms with Crippen molar-refractivity contribution in [1.82, 2.24) is 9.55 Å². The number of hydrogen-bond acceptors (Lipinski definition) is 3. The van der Waals surface area contributed by atoms with E-state index in [4.69, 9.17) is 10.5 Å². The minimum Gasteiger partial charge on any atom is -0.485 e. The highest BCUT2D eigenvalue weighted by Crippen LogP contribution is 2.28. The van der Waals surface area contributed by atoms with Crippen LogP contribution in [0.5, 0.6) is 5.75 Å². The molecule has 0 aliphatic rings. The van der Waals surface area contributed by atoms with Gasteiger partial charge in [-0.25, -0.2) is 4.98 Å². The predicted molar refractivity (Wildman–Crippen MR) is 79.0 cm³/mol. The standard InChI is InChI=1S/C14H18BrN3O/c1-3-18-5-4-17-13(18)9-19-14-10(2)6-12(15)7-11(14)8-16/h4-7H,3,8-9,16H2,1-2H3. The van der Waals surface area contributed by atoms with Crippen molar-refractivity contribution in [3.05, 3.63) is 46.0 Å². The molecule has 0 aliphatic heterocycles. The van der Waals surface area contributed by atoms with Gasteiger partial charge in [0.1, 0.15) is 18.2 Å². The van der Waals surface area contributed by atoms with E-state index in [2.05, 4.69) is 32.4 Å². The molecule has 1 aromatic carbocycles. The molecular formula is C14H18BrN3O. The van der Waals surface area contributed by atoms with E-state index in [9.17, 15) is 0 Å². The highest BCUT2D eigenvalue weighted by molar-refractivity contribution is 9.10. The van der Waals surface area contributed by atoms with Crippen LogP contribution >= 0.6 is 15.9 Å². The zero-order chi connectivity index (χ0) is 13.8. The second-order valence-corrected chi connectivity index (χ2v) is 5.25. The van der Waals surface area contributed by atoms with Crippen molar-refractivity contribution in [2.24, 2.45) is 5.73 Å². The van der Waals surface area contributed by atoms with E-state index >= 15 is 0 Å². The van der Waals surface area contributed by atoms with Gasteiger partial charge in [0.25, 0.3) is 0 Å². The van der Waals surface area contributed by atoms with Crippen LogP contribution in [0.15, 0.2) is 29.0 Å². The van der Waals surface area contributed by atoms with Crippen LogP contribution in [-0.4, -0.2) is 9.55 Å². The Morgan fingerprint density at radius 1 is 1.42 bits per heavy atom. The summed E-state index contributed by atoms with van der Waals surface area (Å²) in [4.78, 5) is 4.30. The first-order chi connectivity index (χ1) is 9.15. The van der Waals surface area contributed by atoms with Gasteiger partial charge in [0.2, 0.25) is 0 Å². The minimum absolute atomic E-state index is 0.455. The molecule has 0 fully saturated rings. The van der Waals surface area contributed by atoms with E-state index in [1.165, 1.54) is 0 Å². The highest BCUT2D eigenvalue weighted by Gasteiger charge is 2.10. The van der Waals surface area contributed by atoms with Gasteiger partial charge in [0.05, 0.1) is 0 Å². The van der Waals surface area contributed by atoms with Crippen molar-refractivity contribution in [1.29, 1.82) is 0 Å². The Kier molecular flexibility index (Phi) is 4.61. The number of ether oxygens (including phenoxy) is 1. The lowest BCUT2D eigenvalue weighted by Gasteiger charge is -2.14. The smallest absolute Gasteiger partial charge is 0.146 e. The first-order valence-electron chi connectivity index (χ1n) is 6.27. The molecule has 2 aromatic rings. The summed E-state index contributed by atoms with van der Waals surface area (Å²) in [6.07, 6.45) is 3.75. The first-order valence-corrected chi connectivity index (χ1v) is 7.07. The Hall–Kier alpha value is -1.33. The molecule has 0 saturated carbocycles. The number of nitrogens with two attached hydrogens (primary N) is 1. The number of nitrogens with zero attached hydrogens (tertiary/aromatic N) is 2. The fourth-order valence-corrected chi connectivity index (χ4v) is 2.68. The summed E-state index contributed by atoms with van der Waals surface area (Å²) in [5.41, 5.74) is 7.85. The van der Waals surface area contributed by atoms with Crippen LogP contribution in [0, 0.1) is 6.92 Å². The van der Waals surface area contributed by atoms with Crippen LogP contribution in [0.3, 0.4) is 0 Å². The molecule has 2 rings (SSSR count). The summed E-state index contributed by atoms with van der Waals surface area (Å²) < 4.78 is 9.00. The summed E-state index contributed by atoms with van der Waals surface area (Å²) in [6, 6.07) is 4.02. The van der Waals surface area contributed by atoms with Crippen molar-refractivity contribution < 1.29 is 4.74 Å². The Balaban J connectivity index is 2.20. The van der Waals surface area contributed by atoms with E-state index in [1.54, 1.807) is 6.20 Å². The molecule has 0 aliphatic carbocycles. The fraction of sp³-hybridized carbons (Fsp3) is 0.357. The van der Waals surface area contributed by atoms with E-state index in [0.29, 0.717) is 13.2 Å². The van der Waals surface area contributed by atoms with E-state index < -0.39 is 0 Å². The van der Waals surface area contributed by atoms with Gasteiger partial charge in [-0.2, -0.15) is 0 Å². The summed E-state index contributed by atoms with van der Waals surface area (Å²) in [6.45, 7) is 5.91. The number of aryl methyl sites for hydroxylation is 2. The summed E-state index contributed by atoms with van der Waals surface area (Å²) >= 11 is 3.47. The molecule has 5 heteroatoms. The quantitative estimate of drug-likeness (QED) is 0.920. The van der Waals surface area contributed by atoms with E-state index in [0.717, 1.165) is 33.7 Å². The number of imidazole rings is 1. The summed E-state index contributed by atoms with van der Waals surface area (Å²) in [5.74, 6) is 1.78. The average molecular weight is 324 g/mol. The third-order valence-corrected chi connectivity index (χ3v) is 3.48. The van der Waals surface area contributed by atoms with Crippen molar-refractivity contribution >= 4 is 15.9 Å². The van der Waals surface area contributed by atoms with E-state index in [-0.39, 0.29) is 0 Å². The third-order valence-electron chi connectivity index (χ3n) is 3.02. The molecule has 0 radical (unpaired) electrons. The molecule has 0 atom stereocenters. The summed E-state index contributed by atoms with van der Waals surface area (Å²) in [7, 11) is 0. The van der Waals surface area contributed by atoms with Crippen molar-refractivity contribution in [3.8, 4) is 5.75 Å². The maximum Gasteiger partial charge on any atom is 0.146 e. The number of halogens is 1. The number of hydrogen-bond donors (Lipinski definition) is 1. The summed E-state index contributed by atoms with van der Waals surface area (Å²) in [5, 5.41) is 0. The molecule has 0 bridgehead atoms. The molecule has 1 heterocycles. The van der Waals surface area contributed by atoms with Crippen molar-refractivity contribution in [2.45, 2.75) is 33.5 Å². The third kappa shape index (κ3) is 3.16.